The molecule has 9 heteroatoms. The zero-order chi connectivity index (χ0) is 18.6. The van der Waals surface area contributed by atoms with Crippen LogP contribution in [0.4, 0.5) is 0 Å². The Labute approximate surface area is 144 Å². The van der Waals surface area contributed by atoms with Gasteiger partial charge in [-0.3, -0.25) is 0 Å². The summed E-state index contributed by atoms with van der Waals surface area (Å²) in [6.45, 7) is 1.90. The Morgan fingerprint density at radius 1 is 1.20 bits per heavy atom. The maximum atomic E-state index is 11.1. The third-order valence-electron chi connectivity index (χ3n) is 6.79. The molecule has 3 rings (SSSR count). The van der Waals surface area contributed by atoms with Crippen molar-refractivity contribution < 1.29 is 44.9 Å². The molecule has 25 heavy (non-hydrogen) atoms. The molecule has 0 aromatic heterocycles. The van der Waals surface area contributed by atoms with Crippen LogP contribution in [-0.2, 0) is 14.3 Å². The van der Waals surface area contributed by atoms with Crippen LogP contribution in [0.15, 0.2) is 0 Å². The van der Waals surface area contributed by atoms with Gasteiger partial charge >= 0.3 is 5.97 Å². The molecule has 1 aliphatic heterocycles. The number of aliphatic hydroxyl groups excluding tert-OH is 4. The third kappa shape index (κ3) is 2.69. The lowest BCUT2D eigenvalue weighted by atomic mass is 9.68. The molecule has 0 amide bonds. The molecule has 2 aliphatic carbocycles. The Balaban J connectivity index is 1.76. The first-order valence-electron chi connectivity index (χ1n) is 8.54. The fourth-order valence-corrected chi connectivity index (χ4v) is 5.08. The molecule has 3 fully saturated rings. The number of carboxylic acids is 1. The number of carbonyl (C=O) groups is 1. The van der Waals surface area contributed by atoms with Crippen molar-refractivity contribution in [3.63, 3.8) is 0 Å². The Morgan fingerprint density at radius 3 is 2.32 bits per heavy atom. The second-order valence-electron chi connectivity index (χ2n) is 7.76. The van der Waals surface area contributed by atoms with Crippen molar-refractivity contribution in [2.45, 2.75) is 69.6 Å². The van der Waals surface area contributed by atoms with E-state index in [-0.39, 0.29) is 12.5 Å². The molecule has 0 spiro atoms. The quantitative estimate of drug-likeness (QED) is 0.317. The van der Waals surface area contributed by atoms with Gasteiger partial charge in [0.15, 0.2) is 18.7 Å². The molecule has 1 heterocycles. The second-order valence-corrected chi connectivity index (χ2v) is 7.76. The van der Waals surface area contributed by atoms with Gasteiger partial charge in [0.1, 0.15) is 18.3 Å². The fourth-order valence-electron chi connectivity index (χ4n) is 5.08. The number of aliphatic hydroxyl groups is 5. The van der Waals surface area contributed by atoms with Crippen LogP contribution in [0.2, 0.25) is 0 Å². The van der Waals surface area contributed by atoms with E-state index in [1.165, 1.54) is 0 Å². The molecule has 2 saturated carbocycles. The van der Waals surface area contributed by atoms with Crippen molar-refractivity contribution in [2.75, 3.05) is 6.61 Å². The lowest BCUT2D eigenvalue weighted by molar-refractivity contribution is -0.293. The van der Waals surface area contributed by atoms with E-state index in [0.717, 1.165) is 12.8 Å². The normalized spacial score (nSPS) is 49.7. The summed E-state index contributed by atoms with van der Waals surface area (Å²) in [5, 5.41) is 58.8. The van der Waals surface area contributed by atoms with Crippen LogP contribution < -0.4 is 0 Å². The highest BCUT2D eigenvalue weighted by Crippen LogP contribution is 2.67. The smallest absolute Gasteiger partial charge is 0.335 e. The van der Waals surface area contributed by atoms with Crippen LogP contribution in [0.25, 0.3) is 0 Å². The number of hydrogen-bond acceptors (Lipinski definition) is 8. The van der Waals surface area contributed by atoms with Gasteiger partial charge in [0.25, 0.3) is 0 Å². The van der Waals surface area contributed by atoms with Gasteiger partial charge in [0, 0.05) is 10.8 Å². The number of rotatable bonds is 5. The Kier molecular flexibility index (Phi) is 4.87. The van der Waals surface area contributed by atoms with Gasteiger partial charge in [-0.1, -0.05) is 6.92 Å². The SMILES string of the molecule is CC1(COC2C(O)C(O)OC(C(=O)O)C2O)C2CCC1(C(O)O)CC2. The zero-order valence-electron chi connectivity index (χ0n) is 14.0. The van der Waals surface area contributed by atoms with E-state index in [9.17, 15) is 30.3 Å². The lowest BCUT2D eigenvalue weighted by Crippen LogP contribution is -2.61. The van der Waals surface area contributed by atoms with E-state index in [2.05, 4.69) is 0 Å². The summed E-state index contributed by atoms with van der Waals surface area (Å²) in [6, 6.07) is 0. The van der Waals surface area contributed by atoms with Crippen molar-refractivity contribution in [1.82, 2.24) is 0 Å². The van der Waals surface area contributed by atoms with E-state index in [1.54, 1.807) is 0 Å². The van der Waals surface area contributed by atoms with Gasteiger partial charge in [0.05, 0.1) is 6.61 Å². The monoisotopic (exact) mass is 362 g/mol. The molecule has 6 atom stereocenters. The minimum Gasteiger partial charge on any atom is -0.479 e. The van der Waals surface area contributed by atoms with E-state index in [0.29, 0.717) is 12.8 Å². The molecule has 6 N–H and O–H groups in total. The summed E-state index contributed by atoms with van der Waals surface area (Å²) in [4.78, 5) is 11.1. The molecule has 2 bridgehead atoms. The summed E-state index contributed by atoms with van der Waals surface area (Å²) in [5.74, 6) is -1.26. The third-order valence-corrected chi connectivity index (χ3v) is 6.79. The summed E-state index contributed by atoms with van der Waals surface area (Å²) < 4.78 is 10.4. The van der Waals surface area contributed by atoms with E-state index < -0.39 is 53.8 Å². The van der Waals surface area contributed by atoms with Gasteiger partial charge in [-0.15, -0.1) is 0 Å². The summed E-state index contributed by atoms with van der Waals surface area (Å²) in [5.41, 5.74) is -1.30. The second kappa shape index (κ2) is 6.41. The predicted octanol–water partition coefficient (Wildman–Crippen LogP) is -1.60. The van der Waals surface area contributed by atoms with Crippen molar-refractivity contribution in [1.29, 1.82) is 0 Å². The molecule has 1 saturated heterocycles. The molecular formula is C16H26O9. The highest BCUT2D eigenvalue weighted by molar-refractivity contribution is 5.73. The predicted molar refractivity (Wildman–Crippen MR) is 81.0 cm³/mol. The maximum Gasteiger partial charge on any atom is 0.335 e. The van der Waals surface area contributed by atoms with Gasteiger partial charge in [-0.05, 0) is 31.6 Å². The highest BCUT2D eigenvalue weighted by atomic mass is 16.7. The van der Waals surface area contributed by atoms with Crippen LogP contribution >= 0.6 is 0 Å². The molecule has 0 radical (unpaired) electrons. The van der Waals surface area contributed by atoms with Crippen LogP contribution in [0.1, 0.15) is 32.6 Å². The van der Waals surface area contributed by atoms with Crippen LogP contribution in [0, 0.1) is 16.7 Å². The average molecular weight is 362 g/mol. The van der Waals surface area contributed by atoms with Crippen molar-refractivity contribution in [3.05, 3.63) is 0 Å². The molecular weight excluding hydrogens is 336 g/mol. The largest absolute Gasteiger partial charge is 0.479 e. The standard InChI is InChI=1S/C16H26O9/c1-15(7-2-4-16(15,5-3-7)14(22)23)6-24-10-8(17)11(12(19)20)25-13(21)9(10)18/h7-11,13-14,17-18,21-23H,2-6H2,1H3,(H,19,20). The first kappa shape index (κ1) is 19.0. The van der Waals surface area contributed by atoms with Crippen molar-refractivity contribution in [3.8, 4) is 0 Å². The summed E-state index contributed by atoms with van der Waals surface area (Å²) in [6.07, 6.45) is -6.67. The van der Waals surface area contributed by atoms with Gasteiger partial charge < -0.3 is 40.1 Å². The minimum atomic E-state index is -1.79. The van der Waals surface area contributed by atoms with Crippen molar-refractivity contribution in [2.24, 2.45) is 16.7 Å². The van der Waals surface area contributed by atoms with Crippen LogP contribution in [-0.4, -0.2) is 80.2 Å². The van der Waals surface area contributed by atoms with E-state index in [4.69, 9.17) is 14.6 Å². The molecule has 0 aromatic carbocycles. The summed E-state index contributed by atoms with van der Waals surface area (Å²) in [7, 11) is 0. The van der Waals surface area contributed by atoms with Crippen LogP contribution in [0.5, 0.6) is 0 Å². The number of carboxylic acid groups (broad SMARTS) is 1. The molecule has 9 nitrogen and oxygen atoms in total. The first-order valence-corrected chi connectivity index (χ1v) is 8.54. The number of ether oxygens (including phenoxy) is 2. The maximum absolute atomic E-state index is 11.1. The van der Waals surface area contributed by atoms with E-state index in [1.807, 2.05) is 6.92 Å². The first-order chi connectivity index (χ1) is 11.6. The highest BCUT2D eigenvalue weighted by Gasteiger charge is 2.65. The van der Waals surface area contributed by atoms with Gasteiger partial charge in [0.2, 0.25) is 0 Å². The summed E-state index contributed by atoms with van der Waals surface area (Å²) >= 11 is 0. The zero-order valence-corrected chi connectivity index (χ0v) is 14.0. The number of hydrogen-bond donors (Lipinski definition) is 6. The van der Waals surface area contributed by atoms with Crippen molar-refractivity contribution >= 4 is 5.97 Å². The molecule has 3 aliphatic rings. The van der Waals surface area contributed by atoms with Gasteiger partial charge in [-0.2, -0.15) is 0 Å². The molecule has 0 aromatic rings. The average Bonchev–Trinajstić information content (AvgIpc) is 3.00. The number of fused-ring (bicyclic) bond motifs is 2. The topological polar surface area (TPSA) is 157 Å². The lowest BCUT2D eigenvalue weighted by Gasteiger charge is -2.44. The number of aliphatic carboxylic acids is 1. The Morgan fingerprint density at radius 2 is 1.80 bits per heavy atom. The van der Waals surface area contributed by atoms with Gasteiger partial charge in [-0.25, -0.2) is 4.79 Å². The minimum absolute atomic E-state index is 0.00708. The fraction of sp³-hybridized carbons (Fsp3) is 0.938. The van der Waals surface area contributed by atoms with Crippen LogP contribution in [0.3, 0.4) is 0 Å². The Bertz CT molecular complexity index is 516. The molecule has 144 valence electrons. The Hall–Kier alpha value is -0.810. The molecule has 6 unspecified atom stereocenters. The van der Waals surface area contributed by atoms with E-state index >= 15 is 0 Å².